The minimum Gasteiger partial charge on any atom is -0.466 e. The molecule has 0 aromatic heterocycles. The third-order valence-corrected chi connectivity index (χ3v) is 18.4. The standard InChI is InChI=1S/C80H153NO5/c1-3-5-7-9-11-13-15-17-19-21-22-34-37-41-44-48-52-56-60-64-68-72-78(83)77(76-82)81-79(84)73-69-65-61-57-53-49-45-42-38-35-32-30-28-26-24-23-25-27-29-31-33-36-39-43-47-51-55-59-63-67-71-75-86-80(85)74-70-66-62-58-54-50-46-40-20-18-16-14-12-10-8-6-4-2/h12,14,18,20,25,27,77-78,82-83H,3-11,13,15-17,19,21-24,26,28-76H2,1-2H3,(H,81,84)/b14-12-,20-18-,27-25-. The van der Waals surface area contributed by atoms with Crippen LogP contribution in [-0.4, -0.2) is 47.4 Å². The van der Waals surface area contributed by atoms with Crippen LogP contribution < -0.4 is 5.32 Å². The number of amides is 1. The number of carbonyl (C=O) groups excluding carboxylic acids is 2. The van der Waals surface area contributed by atoms with Crippen molar-refractivity contribution in [3.63, 3.8) is 0 Å². The second kappa shape index (κ2) is 75.5. The van der Waals surface area contributed by atoms with E-state index in [2.05, 4.69) is 55.6 Å². The van der Waals surface area contributed by atoms with Gasteiger partial charge >= 0.3 is 5.97 Å². The molecule has 0 aromatic rings. The van der Waals surface area contributed by atoms with Crippen LogP contribution >= 0.6 is 0 Å². The summed E-state index contributed by atoms with van der Waals surface area (Å²) in [5.74, 6) is -0.0174. The van der Waals surface area contributed by atoms with E-state index in [0.717, 1.165) is 51.4 Å². The number of aliphatic hydroxyl groups is 2. The SMILES string of the molecule is CCCCC/C=C\C/C=C\CCCCCCCCCC(=O)OCCCCCCCCCCCCCC/C=C\CCCCCCCCCCCCCCCCCC(=O)NC(CO)C(O)CCCCCCCCCCCCCCCCCCCCCCC. The molecular formula is C80H153NO5. The van der Waals surface area contributed by atoms with Crippen LogP contribution in [0.3, 0.4) is 0 Å². The molecule has 2 atom stereocenters. The first-order chi connectivity index (χ1) is 42.5. The molecular weight excluding hydrogens is 1050 g/mol. The molecule has 1 amide bonds. The number of carbonyl (C=O) groups is 2. The smallest absolute Gasteiger partial charge is 0.305 e. The van der Waals surface area contributed by atoms with Crippen LogP contribution in [0.25, 0.3) is 0 Å². The van der Waals surface area contributed by atoms with Crippen molar-refractivity contribution in [1.82, 2.24) is 5.32 Å². The molecule has 0 aromatic carbocycles. The van der Waals surface area contributed by atoms with Crippen molar-refractivity contribution in [2.45, 2.75) is 450 Å². The Morgan fingerprint density at radius 2 is 0.581 bits per heavy atom. The second-order valence-corrected chi connectivity index (χ2v) is 27.0. The summed E-state index contributed by atoms with van der Waals surface area (Å²) in [5, 5.41) is 23.5. The molecule has 86 heavy (non-hydrogen) atoms. The molecule has 2 unspecified atom stereocenters. The van der Waals surface area contributed by atoms with E-state index in [1.165, 1.54) is 353 Å². The van der Waals surface area contributed by atoms with Crippen molar-refractivity contribution < 1.29 is 24.5 Å². The molecule has 0 aliphatic carbocycles. The number of aliphatic hydroxyl groups excluding tert-OH is 2. The van der Waals surface area contributed by atoms with Gasteiger partial charge in [0.25, 0.3) is 0 Å². The van der Waals surface area contributed by atoms with Gasteiger partial charge in [0.05, 0.1) is 25.4 Å². The number of unbranched alkanes of at least 4 members (excludes halogenated alkanes) is 57. The first-order valence-corrected chi connectivity index (χ1v) is 39.2. The number of esters is 1. The molecule has 0 rings (SSSR count). The number of allylic oxidation sites excluding steroid dienone is 6. The Kier molecular flexibility index (Phi) is 73.9. The van der Waals surface area contributed by atoms with Crippen LogP contribution in [0.2, 0.25) is 0 Å². The minimum atomic E-state index is -0.664. The number of hydrogen-bond donors (Lipinski definition) is 3. The molecule has 0 radical (unpaired) electrons. The van der Waals surface area contributed by atoms with E-state index in [1.54, 1.807) is 0 Å². The van der Waals surface area contributed by atoms with Crippen LogP contribution in [0.15, 0.2) is 36.5 Å². The number of rotatable bonds is 74. The second-order valence-electron chi connectivity index (χ2n) is 27.0. The van der Waals surface area contributed by atoms with E-state index >= 15 is 0 Å². The molecule has 3 N–H and O–H groups in total. The van der Waals surface area contributed by atoms with Gasteiger partial charge in [-0.3, -0.25) is 9.59 Å². The lowest BCUT2D eigenvalue weighted by atomic mass is 10.0. The zero-order valence-electron chi connectivity index (χ0n) is 58.3. The number of hydrogen-bond acceptors (Lipinski definition) is 5. The van der Waals surface area contributed by atoms with Gasteiger partial charge in [0, 0.05) is 12.8 Å². The fourth-order valence-electron chi connectivity index (χ4n) is 12.4. The molecule has 0 bridgehead atoms. The lowest BCUT2D eigenvalue weighted by molar-refractivity contribution is -0.143. The molecule has 0 aliphatic rings. The van der Waals surface area contributed by atoms with Gasteiger partial charge in [-0.25, -0.2) is 0 Å². The lowest BCUT2D eigenvalue weighted by Gasteiger charge is -2.22. The third-order valence-electron chi connectivity index (χ3n) is 18.4. The Bertz CT molecular complexity index is 1390. The molecule has 0 aliphatic heterocycles. The quantitative estimate of drug-likeness (QED) is 0.0320. The zero-order valence-corrected chi connectivity index (χ0v) is 58.3. The van der Waals surface area contributed by atoms with Crippen molar-refractivity contribution in [3.8, 4) is 0 Å². The number of ether oxygens (including phenoxy) is 1. The first kappa shape index (κ1) is 84.1. The molecule has 0 heterocycles. The fraction of sp³-hybridized carbons (Fsp3) is 0.900. The maximum Gasteiger partial charge on any atom is 0.305 e. The van der Waals surface area contributed by atoms with E-state index < -0.39 is 12.1 Å². The van der Waals surface area contributed by atoms with E-state index in [0.29, 0.717) is 25.9 Å². The van der Waals surface area contributed by atoms with Crippen LogP contribution in [0, 0.1) is 0 Å². The van der Waals surface area contributed by atoms with Gasteiger partial charge in [0.15, 0.2) is 0 Å². The van der Waals surface area contributed by atoms with Gasteiger partial charge < -0.3 is 20.3 Å². The van der Waals surface area contributed by atoms with E-state index in [1.807, 2.05) is 0 Å². The molecule has 6 heteroatoms. The molecule has 0 fully saturated rings. The normalized spacial score (nSPS) is 12.7. The summed E-state index contributed by atoms with van der Waals surface area (Å²) in [6.45, 7) is 4.97. The lowest BCUT2D eigenvalue weighted by Crippen LogP contribution is -2.45. The molecule has 0 spiro atoms. The Morgan fingerprint density at radius 3 is 0.919 bits per heavy atom. The summed E-state index contributed by atoms with van der Waals surface area (Å²) >= 11 is 0. The van der Waals surface area contributed by atoms with E-state index in [9.17, 15) is 19.8 Å². The Balaban J connectivity index is 3.36. The average Bonchev–Trinajstić information content (AvgIpc) is 3.53. The molecule has 6 nitrogen and oxygen atoms in total. The van der Waals surface area contributed by atoms with Gasteiger partial charge in [-0.2, -0.15) is 0 Å². The van der Waals surface area contributed by atoms with E-state index in [4.69, 9.17) is 4.74 Å². The summed E-state index contributed by atoms with van der Waals surface area (Å²) in [4.78, 5) is 24.7. The van der Waals surface area contributed by atoms with Crippen molar-refractivity contribution in [2.24, 2.45) is 0 Å². The van der Waals surface area contributed by atoms with Crippen LogP contribution in [0.5, 0.6) is 0 Å². The maximum absolute atomic E-state index is 12.6. The Hall–Kier alpha value is -1.92. The van der Waals surface area contributed by atoms with Crippen molar-refractivity contribution in [1.29, 1.82) is 0 Å². The van der Waals surface area contributed by atoms with Gasteiger partial charge in [-0.1, -0.05) is 378 Å². The van der Waals surface area contributed by atoms with Crippen molar-refractivity contribution in [3.05, 3.63) is 36.5 Å². The highest BCUT2D eigenvalue weighted by molar-refractivity contribution is 5.76. The Labute approximate surface area is 538 Å². The molecule has 508 valence electrons. The monoisotopic (exact) mass is 1210 g/mol. The van der Waals surface area contributed by atoms with Crippen LogP contribution in [-0.2, 0) is 14.3 Å². The van der Waals surface area contributed by atoms with Crippen LogP contribution in [0.4, 0.5) is 0 Å². The molecule has 0 saturated heterocycles. The van der Waals surface area contributed by atoms with Gasteiger partial charge in [0.1, 0.15) is 0 Å². The molecule has 0 saturated carbocycles. The summed E-state index contributed by atoms with van der Waals surface area (Å²) in [6.07, 6.45) is 98.0. The maximum atomic E-state index is 12.6. The summed E-state index contributed by atoms with van der Waals surface area (Å²) in [6, 6.07) is -0.541. The average molecular weight is 1210 g/mol. The first-order valence-electron chi connectivity index (χ1n) is 39.2. The van der Waals surface area contributed by atoms with Crippen LogP contribution in [0.1, 0.15) is 438 Å². The minimum absolute atomic E-state index is 0.0106. The summed E-state index contributed by atoms with van der Waals surface area (Å²) in [7, 11) is 0. The van der Waals surface area contributed by atoms with Gasteiger partial charge in [0.2, 0.25) is 5.91 Å². The zero-order chi connectivity index (χ0) is 62.0. The van der Waals surface area contributed by atoms with Gasteiger partial charge in [-0.05, 0) is 83.5 Å². The third kappa shape index (κ3) is 71.2. The largest absolute Gasteiger partial charge is 0.466 e. The predicted molar refractivity (Wildman–Crippen MR) is 379 cm³/mol. The highest BCUT2D eigenvalue weighted by Gasteiger charge is 2.20. The predicted octanol–water partition coefficient (Wildman–Crippen LogP) is 25.8. The van der Waals surface area contributed by atoms with Gasteiger partial charge in [-0.15, -0.1) is 0 Å². The van der Waals surface area contributed by atoms with Crippen molar-refractivity contribution >= 4 is 11.9 Å². The van der Waals surface area contributed by atoms with E-state index in [-0.39, 0.29) is 18.5 Å². The summed E-state index contributed by atoms with van der Waals surface area (Å²) in [5.41, 5.74) is 0. The summed E-state index contributed by atoms with van der Waals surface area (Å²) < 4.78 is 5.50. The fourth-order valence-corrected chi connectivity index (χ4v) is 12.4. The highest BCUT2D eigenvalue weighted by Crippen LogP contribution is 2.20. The highest BCUT2D eigenvalue weighted by atomic mass is 16.5. The number of nitrogens with one attached hydrogen (secondary N) is 1. The Morgan fingerprint density at radius 1 is 0.326 bits per heavy atom. The van der Waals surface area contributed by atoms with Crippen molar-refractivity contribution in [2.75, 3.05) is 13.2 Å². The topological polar surface area (TPSA) is 95.9 Å².